The first-order valence-corrected chi connectivity index (χ1v) is 23.4. The predicted molar refractivity (Wildman–Crippen MR) is 229 cm³/mol. The number of methoxy groups -OCH3 is 1. The van der Waals surface area contributed by atoms with E-state index in [4.69, 9.17) is 24.2 Å². The third-order valence-electron chi connectivity index (χ3n) is 12.4. The van der Waals surface area contributed by atoms with E-state index in [1.54, 1.807) is 25.0 Å². The van der Waals surface area contributed by atoms with Gasteiger partial charge in [0, 0.05) is 47.4 Å². The number of hydrogen-bond acceptors (Lipinski definition) is 11. The lowest BCUT2D eigenvalue weighted by Gasteiger charge is -2.35. The summed E-state index contributed by atoms with van der Waals surface area (Å²) in [5.41, 5.74) is 0.735. The van der Waals surface area contributed by atoms with Crippen LogP contribution in [-0.4, -0.2) is 86.2 Å². The van der Waals surface area contributed by atoms with Crippen LogP contribution in [0.5, 0.6) is 11.5 Å². The van der Waals surface area contributed by atoms with Crippen molar-refractivity contribution in [1.29, 1.82) is 0 Å². The van der Waals surface area contributed by atoms with Gasteiger partial charge in [0.05, 0.1) is 48.4 Å². The summed E-state index contributed by atoms with van der Waals surface area (Å²) in [6, 6.07) is 6.63. The minimum atomic E-state index is -3.83. The maximum absolute atomic E-state index is 14.9. The van der Waals surface area contributed by atoms with E-state index in [-0.39, 0.29) is 55.6 Å². The number of ketones is 1. The number of allylic oxidation sites excluding steroid dienone is 1. The average Bonchev–Trinajstić information content (AvgIpc) is 3.58. The molecule has 2 unspecified atom stereocenters. The minimum Gasteiger partial charge on any atom is -0.497 e. The molecule has 1 saturated heterocycles. The molecule has 3 heterocycles. The molecule has 0 spiro atoms. The molecule has 1 amide bonds. The number of Topliss-reactive ketones (excluding diaryl/α,β-unsaturated/α-hetero) is 1. The highest BCUT2D eigenvalue weighted by Gasteiger charge is 2.66. The number of nitrogens with one attached hydrogen (secondary N) is 1. The van der Waals surface area contributed by atoms with E-state index in [0.29, 0.717) is 41.2 Å². The normalized spacial score (nSPS) is 24.3. The second kappa shape index (κ2) is 17.4. The SMILES string of the molecule is C=C[C@@H]1C[C@]1(CC(=O)[C@@H]1C[C@@H](Oc2cc(-c3csc(NC(C)C)n3)nc3cc(OC)ccc23)CN1C(=O)[C@@H](CC(=O)OC1CCCC1)C(C)(C)C)P(=O)(O)C(C)CC. The quantitative estimate of drug-likeness (QED) is 0.0760. The van der Waals surface area contributed by atoms with Crippen molar-refractivity contribution in [1.82, 2.24) is 14.9 Å². The van der Waals surface area contributed by atoms with Crippen LogP contribution in [0.2, 0.25) is 0 Å². The highest BCUT2D eigenvalue weighted by Crippen LogP contribution is 2.75. The standard InChI is InChI=1S/C44H61N4O8PS/c1-10-27(5)57(52,53)44(22-28(44)11-2)23-38(49)37-19-31(24-48(37)41(51)33(43(6,7)8)20-40(50)56-29-14-12-13-15-29)55-39-21-35(36-25-58-42(47-36)45-26(3)4)46-34-18-30(54-9)16-17-32(34)39/h11,16-18,21,25-29,31,33,37H,2,10,12-15,19-20,22-24H2,1,3-9H3,(H,45,47)(H,52,53)/t27?,28-,31-,33-,37+,44-/m1/s1. The number of thiazole rings is 1. The molecule has 2 aromatic heterocycles. The topological polar surface area (TPSA) is 157 Å². The Morgan fingerprint density at radius 2 is 1.84 bits per heavy atom. The van der Waals surface area contributed by atoms with Crippen molar-refractivity contribution < 1.29 is 38.1 Å². The fourth-order valence-corrected chi connectivity index (χ4v) is 12.3. The summed E-state index contributed by atoms with van der Waals surface area (Å²) in [4.78, 5) is 65.8. The molecule has 6 rings (SSSR count). The van der Waals surface area contributed by atoms with Crippen LogP contribution in [0, 0.1) is 17.3 Å². The van der Waals surface area contributed by atoms with Gasteiger partial charge in [-0.05, 0) is 75.8 Å². The Morgan fingerprint density at radius 1 is 1.12 bits per heavy atom. The van der Waals surface area contributed by atoms with E-state index in [1.807, 2.05) is 71.2 Å². The molecular formula is C44H61N4O8PS. The molecule has 12 nitrogen and oxygen atoms in total. The fraction of sp³-hybridized carbons (Fsp3) is 0.614. The lowest BCUT2D eigenvalue weighted by Crippen LogP contribution is -2.48. The Kier molecular flexibility index (Phi) is 13.2. The number of ether oxygens (including phenoxy) is 3. The van der Waals surface area contributed by atoms with Crippen LogP contribution in [0.4, 0.5) is 5.13 Å². The second-order valence-corrected chi connectivity index (χ2v) is 21.8. The fourth-order valence-electron chi connectivity index (χ4n) is 8.63. The van der Waals surface area contributed by atoms with Gasteiger partial charge in [0.25, 0.3) is 0 Å². The summed E-state index contributed by atoms with van der Waals surface area (Å²) in [5.74, 6) is -0.986. The number of fused-ring (bicyclic) bond motifs is 1. The van der Waals surface area contributed by atoms with Gasteiger partial charge >= 0.3 is 5.97 Å². The number of nitrogens with zero attached hydrogens (tertiary/aromatic N) is 3. The van der Waals surface area contributed by atoms with Crippen molar-refractivity contribution >= 4 is 52.4 Å². The van der Waals surface area contributed by atoms with Crippen molar-refractivity contribution in [2.75, 3.05) is 19.0 Å². The molecule has 3 aromatic rings. The number of esters is 1. The molecule has 1 aliphatic heterocycles. The Hall–Kier alpha value is -3.80. The zero-order chi connectivity index (χ0) is 42.2. The van der Waals surface area contributed by atoms with Crippen LogP contribution in [0.15, 0.2) is 42.3 Å². The zero-order valence-electron chi connectivity index (χ0n) is 35.3. The molecule has 316 valence electrons. The number of carbonyl (C=O) groups excluding carboxylic acids is 3. The van der Waals surface area contributed by atoms with Gasteiger partial charge in [-0.25, -0.2) is 9.97 Å². The first-order chi connectivity index (χ1) is 27.4. The van der Waals surface area contributed by atoms with Crippen molar-refractivity contribution in [3.8, 4) is 22.9 Å². The zero-order valence-corrected chi connectivity index (χ0v) is 37.0. The van der Waals surface area contributed by atoms with Gasteiger partial charge in [0.2, 0.25) is 13.3 Å². The van der Waals surface area contributed by atoms with Gasteiger partial charge < -0.3 is 29.3 Å². The van der Waals surface area contributed by atoms with Crippen LogP contribution >= 0.6 is 18.7 Å². The summed E-state index contributed by atoms with van der Waals surface area (Å²) in [6.45, 7) is 17.5. The number of aromatic nitrogens is 2. The molecular weight excluding hydrogens is 776 g/mol. The van der Waals surface area contributed by atoms with Crippen molar-refractivity contribution in [3.05, 3.63) is 42.3 Å². The average molecular weight is 837 g/mol. The Morgan fingerprint density at radius 3 is 2.47 bits per heavy atom. The van der Waals surface area contributed by atoms with Crippen LogP contribution in [0.1, 0.15) is 106 Å². The molecule has 58 heavy (non-hydrogen) atoms. The van der Waals surface area contributed by atoms with E-state index in [2.05, 4.69) is 11.9 Å². The maximum Gasteiger partial charge on any atom is 0.306 e. The van der Waals surface area contributed by atoms with Crippen LogP contribution < -0.4 is 14.8 Å². The lowest BCUT2D eigenvalue weighted by molar-refractivity contribution is -0.156. The molecule has 1 aromatic carbocycles. The van der Waals surface area contributed by atoms with E-state index >= 15 is 0 Å². The van der Waals surface area contributed by atoms with Gasteiger partial charge in [-0.2, -0.15) is 0 Å². The number of likely N-dealkylation sites (tertiary alicyclic amines) is 1. The molecule has 2 aliphatic carbocycles. The summed E-state index contributed by atoms with van der Waals surface area (Å²) in [5, 5.41) is 5.62. The molecule has 0 bridgehead atoms. The monoisotopic (exact) mass is 836 g/mol. The van der Waals surface area contributed by atoms with E-state index in [9.17, 15) is 23.8 Å². The van der Waals surface area contributed by atoms with Crippen molar-refractivity contribution in [2.45, 2.75) is 141 Å². The van der Waals surface area contributed by atoms with Gasteiger partial charge in [0.1, 0.15) is 29.4 Å². The van der Waals surface area contributed by atoms with Gasteiger partial charge in [0.15, 0.2) is 10.9 Å². The molecule has 7 atom stereocenters. The highest BCUT2D eigenvalue weighted by atomic mass is 32.1. The smallest absolute Gasteiger partial charge is 0.306 e. The predicted octanol–water partition coefficient (Wildman–Crippen LogP) is 9.05. The molecule has 3 aliphatic rings. The van der Waals surface area contributed by atoms with E-state index in [1.165, 1.54) is 11.3 Å². The molecule has 2 N–H and O–H groups in total. The van der Waals surface area contributed by atoms with Crippen LogP contribution in [0.3, 0.4) is 0 Å². The largest absolute Gasteiger partial charge is 0.497 e. The minimum absolute atomic E-state index is 0.0774. The summed E-state index contributed by atoms with van der Waals surface area (Å²) in [7, 11) is -2.23. The third kappa shape index (κ3) is 9.16. The maximum atomic E-state index is 14.9. The number of hydrogen-bond donors (Lipinski definition) is 2. The molecule has 14 heteroatoms. The van der Waals surface area contributed by atoms with Crippen LogP contribution in [-0.2, 0) is 23.7 Å². The lowest BCUT2D eigenvalue weighted by atomic mass is 9.77. The Labute approximate surface area is 347 Å². The summed E-state index contributed by atoms with van der Waals surface area (Å²) in [6.07, 6.45) is 5.32. The number of rotatable bonds is 17. The summed E-state index contributed by atoms with van der Waals surface area (Å²) >= 11 is 1.48. The van der Waals surface area contributed by atoms with Crippen molar-refractivity contribution in [3.63, 3.8) is 0 Å². The number of carbonyl (C=O) groups is 3. The number of benzene rings is 1. The number of amides is 1. The first-order valence-electron chi connectivity index (χ1n) is 20.8. The van der Waals surface area contributed by atoms with Gasteiger partial charge in [-0.15, -0.1) is 17.9 Å². The molecule has 3 fully saturated rings. The molecule has 0 radical (unpaired) electrons. The first kappa shape index (κ1) is 43.8. The molecule has 2 saturated carbocycles. The van der Waals surface area contributed by atoms with E-state index < -0.39 is 47.6 Å². The second-order valence-electron chi connectivity index (χ2n) is 17.9. The van der Waals surface area contributed by atoms with Gasteiger partial charge in [-0.3, -0.25) is 18.9 Å². The van der Waals surface area contributed by atoms with Crippen molar-refractivity contribution in [2.24, 2.45) is 17.3 Å². The third-order valence-corrected chi connectivity index (χ3v) is 16.7. The van der Waals surface area contributed by atoms with Crippen LogP contribution in [0.25, 0.3) is 22.3 Å². The highest BCUT2D eigenvalue weighted by molar-refractivity contribution is 7.61. The Balaban J connectivity index is 1.35. The number of anilines is 1. The van der Waals surface area contributed by atoms with Gasteiger partial charge in [-0.1, -0.05) is 40.7 Å². The van der Waals surface area contributed by atoms with E-state index in [0.717, 1.165) is 36.2 Å². The Bertz CT molecular complexity index is 2060. The number of pyridine rings is 1. The summed E-state index contributed by atoms with van der Waals surface area (Å²) < 4.78 is 32.3.